The number of hydrogen-bond acceptors (Lipinski definition) is 3. The van der Waals surface area contributed by atoms with Crippen molar-refractivity contribution in [1.82, 2.24) is 15.1 Å². The molecule has 1 aliphatic rings. The lowest BCUT2D eigenvalue weighted by atomic mass is 10.0. The predicted octanol–water partition coefficient (Wildman–Crippen LogP) is -1.33. The van der Waals surface area contributed by atoms with Gasteiger partial charge in [-0.05, 0) is 0 Å². The summed E-state index contributed by atoms with van der Waals surface area (Å²) in [5, 5.41) is 2.71. The van der Waals surface area contributed by atoms with Crippen LogP contribution in [-0.2, 0) is 4.79 Å². The van der Waals surface area contributed by atoms with Crippen LogP contribution in [0.1, 0.15) is 0 Å². The molecular weight excluding hydrogens is 196 g/mol. The lowest BCUT2D eigenvalue weighted by molar-refractivity contribution is -0.120. The van der Waals surface area contributed by atoms with Crippen LogP contribution in [0.2, 0.25) is 0 Å². The largest absolute Gasteiger partial charge is 0.355 e. The lowest BCUT2D eigenvalue weighted by Gasteiger charge is -2.40. The van der Waals surface area contributed by atoms with Crippen LogP contribution in [0.15, 0.2) is 0 Å². The van der Waals surface area contributed by atoms with Crippen molar-refractivity contribution in [1.29, 1.82) is 0 Å². The number of urea groups is 1. The molecule has 0 spiro atoms. The summed E-state index contributed by atoms with van der Waals surface area (Å²) in [5.74, 6) is 0.219. The second-order valence-electron chi connectivity index (χ2n) is 3.96. The van der Waals surface area contributed by atoms with E-state index in [-0.39, 0.29) is 18.5 Å². The molecule has 0 aromatic carbocycles. The van der Waals surface area contributed by atoms with Gasteiger partial charge in [0.2, 0.25) is 5.91 Å². The fourth-order valence-corrected chi connectivity index (χ4v) is 1.47. The van der Waals surface area contributed by atoms with Crippen molar-refractivity contribution in [2.24, 2.45) is 11.7 Å². The smallest absolute Gasteiger partial charge is 0.319 e. The number of amides is 3. The van der Waals surface area contributed by atoms with Crippen molar-refractivity contribution in [3.63, 3.8) is 0 Å². The zero-order valence-corrected chi connectivity index (χ0v) is 9.19. The van der Waals surface area contributed by atoms with Gasteiger partial charge in [0, 0.05) is 39.6 Å². The van der Waals surface area contributed by atoms with Gasteiger partial charge in [0.05, 0.1) is 6.54 Å². The van der Waals surface area contributed by atoms with Gasteiger partial charge in [-0.3, -0.25) is 4.79 Å². The maximum atomic E-state index is 11.4. The molecule has 3 amide bonds. The van der Waals surface area contributed by atoms with Gasteiger partial charge in [0.15, 0.2) is 0 Å². The topological polar surface area (TPSA) is 78.7 Å². The third-order valence-corrected chi connectivity index (χ3v) is 2.38. The molecule has 0 bridgehead atoms. The minimum Gasteiger partial charge on any atom is -0.355 e. The van der Waals surface area contributed by atoms with Crippen LogP contribution in [0.4, 0.5) is 4.79 Å². The van der Waals surface area contributed by atoms with E-state index < -0.39 is 0 Å². The number of nitrogens with two attached hydrogens (primary N) is 1. The third kappa shape index (κ3) is 3.09. The summed E-state index contributed by atoms with van der Waals surface area (Å²) in [6, 6.07) is 0.0244. The number of likely N-dealkylation sites (tertiary alicyclic amines) is 1. The first kappa shape index (κ1) is 11.8. The van der Waals surface area contributed by atoms with E-state index in [1.165, 1.54) is 0 Å². The molecule has 1 aliphatic heterocycles. The second kappa shape index (κ2) is 4.97. The van der Waals surface area contributed by atoms with Gasteiger partial charge in [0.25, 0.3) is 0 Å². The van der Waals surface area contributed by atoms with E-state index in [2.05, 4.69) is 5.32 Å². The monoisotopic (exact) mass is 214 g/mol. The molecule has 0 saturated carbocycles. The quantitative estimate of drug-likeness (QED) is 0.611. The number of nitrogens with one attached hydrogen (secondary N) is 1. The molecule has 0 aromatic rings. The molecular formula is C9H18N4O2. The number of hydrogen-bond donors (Lipinski definition) is 2. The summed E-state index contributed by atoms with van der Waals surface area (Å²) in [6.45, 7) is 2.05. The average Bonchev–Trinajstić information content (AvgIpc) is 2.14. The molecule has 3 N–H and O–H groups in total. The van der Waals surface area contributed by atoms with Crippen molar-refractivity contribution in [2.75, 3.05) is 40.3 Å². The Morgan fingerprint density at radius 1 is 1.47 bits per heavy atom. The first-order valence-corrected chi connectivity index (χ1v) is 4.97. The summed E-state index contributed by atoms with van der Waals surface area (Å²) in [4.78, 5) is 25.6. The number of nitrogens with zero attached hydrogens (tertiary/aromatic N) is 2. The highest BCUT2D eigenvalue weighted by atomic mass is 16.2. The summed E-state index contributed by atoms with van der Waals surface area (Å²) in [5.41, 5.74) is 5.15. The molecule has 1 heterocycles. The van der Waals surface area contributed by atoms with Gasteiger partial charge in [-0.25, -0.2) is 4.79 Å². The lowest BCUT2D eigenvalue weighted by Crippen LogP contribution is -2.56. The molecule has 0 atom stereocenters. The van der Waals surface area contributed by atoms with Gasteiger partial charge in [-0.2, -0.15) is 0 Å². The van der Waals surface area contributed by atoms with Gasteiger partial charge in [-0.1, -0.05) is 0 Å². The van der Waals surface area contributed by atoms with Gasteiger partial charge < -0.3 is 20.9 Å². The van der Waals surface area contributed by atoms with Crippen LogP contribution in [0.5, 0.6) is 0 Å². The number of rotatable bonds is 3. The van der Waals surface area contributed by atoms with E-state index in [0.29, 0.717) is 25.6 Å². The van der Waals surface area contributed by atoms with E-state index in [9.17, 15) is 9.59 Å². The van der Waals surface area contributed by atoms with E-state index >= 15 is 0 Å². The Morgan fingerprint density at radius 2 is 2.07 bits per heavy atom. The molecule has 6 heteroatoms. The second-order valence-corrected chi connectivity index (χ2v) is 3.96. The Hall–Kier alpha value is -1.30. The molecule has 15 heavy (non-hydrogen) atoms. The van der Waals surface area contributed by atoms with Crippen LogP contribution in [-0.4, -0.2) is 62.0 Å². The molecule has 0 aromatic heterocycles. The number of carbonyl (C=O) groups is 2. The molecule has 6 nitrogen and oxygen atoms in total. The summed E-state index contributed by atoms with van der Waals surface area (Å²) in [6.07, 6.45) is 0. The zero-order chi connectivity index (χ0) is 11.4. The highest BCUT2D eigenvalue weighted by molar-refractivity contribution is 5.78. The highest BCUT2D eigenvalue weighted by Crippen LogP contribution is 2.15. The molecule has 0 unspecified atom stereocenters. The van der Waals surface area contributed by atoms with Crippen LogP contribution < -0.4 is 11.1 Å². The summed E-state index contributed by atoms with van der Waals surface area (Å²) < 4.78 is 0. The fourth-order valence-electron chi connectivity index (χ4n) is 1.47. The average molecular weight is 214 g/mol. The maximum absolute atomic E-state index is 11.4. The van der Waals surface area contributed by atoms with Crippen LogP contribution in [0, 0.1) is 5.92 Å². The van der Waals surface area contributed by atoms with Gasteiger partial charge in [-0.15, -0.1) is 0 Å². The highest BCUT2D eigenvalue weighted by Gasteiger charge is 2.31. The third-order valence-electron chi connectivity index (χ3n) is 2.38. The minimum absolute atomic E-state index is 0.0209. The Kier molecular flexibility index (Phi) is 3.90. The van der Waals surface area contributed by atoms with Crippen molar-refractivity contribution in [3.05, 3.63) is 0 Å². The Labute approximate surface area is 89.4 Å². The van der Waals surface area contributed by atoms with Crippen LogP contribution in [0.3, 0.4) is 0 Å². The minimum atomic E-state index is -0.146. The molecule has 1 rings (SSSR count). The first-order chi connectivity index (χ1) is 7.04. The summed E-state index contributed by atoms with van der Waals surface area (Å²) in [7, 11) is 3.46. The molecule has 0 radical (unpaired) electrons. The van der Waals surface area contributed by atoms with E-state index in [0.717, 1.165) is 0 Å². The van der Waals surface area contributed by atoms with Crippen molar-refractivity contribution < 1.29 is 9.59 Å². The van der Waals surface area contributed by atoms with Gasteiger partial charge >= 0.3 is 6.03 Å². The van der Waals surface area contributed by atoms with Crippen LogP contribution in [0.25, 0.3) is 0 Å². The van der Waals surface area contributed by atoms with Crippen LogP contribution >= 0.6 is 0 Å². The van der Waals surface area contributed by atoms with Crippen molar-refractivity contribution >= 4 is 11.9 Å². The Bertz CT molecular complexity index is 248. The molecule has 1 saturated heterocycles. The Morgan fingerprint density at radius 3 is 2.53 bits per heavy atom. The summed E-state index contributed by atoms with van der Waals surface area (Å²) >= 11 is 0. The molecule has 0 aliphatic carbocycles. The number of carbonyl (C=O) groups excluding carboxylic acids is 2. The zero-order valence-electron chi connectivity index (χ0n) is 9.19. The SMILES string of the molecule is CN(C)C(=O)N1CC(CNC(=O)CN)C1. The van der Waals surface area contributed by atoms with E-state index in [1.807, 2.05) is 0 Å². The Balaban J connectivity index is 2.15. The van der Waals surface area contributed by atoms with E-state index in [1.54, 1.807) is 23.9 Å². The van der Waals surface area contributed by atoms with E-state index in [4.69, 9.17) is 5.73 Å². The molecule has 86 valence electrons. The normalized spacial score (nSPS) is 15.8. The first-order valence-electron chi connectivity index (χ1n) is 4.97. The fraction of sp³-hybridized carbons (Fsp3) is 0.778. The molecule has 1 fully saturated rings. The maximum Gasteiger partial charge on any atom is 0.319 e. The predicted molar refractivity (Wildman–Crippen MR) is 56.2 cm³/mol. The van der Waals surface area contributed by atoms with Crippen molar-refractivity contribution in [3.8, 4) is 0 Å². The van der Waals surface area contributed by atoms with Gasteiger partial charge in [0.1, 0.15) is 0 Å². The van der Waals surface area contributed by atoms with Crippen molar-refractivity contribution in [2.45, 2.75) is 0 Å². The standard InChI is InChI=1S/C9H18N4O2/c1-12(2)9(15)13-5-7(6-13)4-11-8(14)3-10/h7H,3-6,10H2,1-2H3,(H,11,14).